The molecule has 0 fully saturated rings. The van der Waals surface area contributed by atoms with E-state index < -0.39 is 0 Å². The highest BCUT2D eigenvalue weighted by Gasteiger charge is 2.05. The molecule has 0 atom stereocenters. The zero-order valence-electron chi connectivity index (χ0n) is 9.79. The maximum absolute atomic E-state index is 11.8. The van der Waals surface area contributed by atoms with Crippen LogP contribution in [0.3, 0.4) is 0 Å². The van der Waals surface area contributed by atoms with Gasteiger partial charge in [-0.2, -0.15) is 0 Å². The quantitative estimate of drug-likeness (QED) is 0.593. The minimum Gasteiger partial charge on any atom is -0.383 e. The highest BCUT2D eigenvalue weighted by Crippen LogP contribution is 2.09. The molecule has 2 rings (SSSR count). The van der Waals surface area contributed by atoms with Gasteiger partial charge in [0.15, 0.2) is 0 Å². The van der Waals surface area contributed by atoms with E-state index in [1.54, 1.807) is 11.1 Å². The zero-order valence-corrected chi connectivity index (χ0v) is 9.79. The minimum absolute atomic E-state index is 0.142. The first-order valence-electron chi connectivity index (χ1n) is 5.27. The molecule has 86 valence electrons. The second kappa shape index (κ2) is 4.74. The van der Waals surface area contributed by atoms with E-state index in [0.717, 1.165) is 11.0 Å². The van der Waals surface area contributed by atoms with Crippen molar-refractivity contribution >= 4 is 16.8 Å². The van der Waals surface area contributed by atoms with Gasteiger partial charge in [0.2, 0.25) is 5.78 Å². The summed E-state index contributed by atoms with van der Waals surface area (Å²) in [7, 11) is 3.71. The Labute approximate surface area is 99.6 Å². The Kier molecular flexibility index (Phi) is 3.14. The van der Waals surface area contributed by atoms with E-state index in [4.69, 9.17) is 0 Å². The largest absolute Gasteiger partial charge is 0.383 e. The fourth-order valence-corrected chi connectivity index (χ4v) is 1.38. The van der Waals surface area contributed by atoms with Crippen molar-refractivity contribution in [2.24, 2.45) is 0 Å². The molecule has 0 spiro atoms. The highest BCUT2D eigenvalue weighted by atomic mass is 16.1. The molecule has 4 nitrogen and oxygen atoms in total. The number of para-hydroxylation sites is 2. The summed E-state index contributed by atoms with van der Waals surface area (Å²) in [6, 6.07) is 7.48. The van der Waals surface area contributed by atoms with Crippen LogP contribution in [0.15, 0.2) is 42.7 Å². The van der Waals surface area contributed by atoms with Crippen LogP contribution >= 0.6 is 0 Å². The third kappa shape index (κ3) is 2.66. The van der Waals surface area contributed by atoms with Gasteiger partial charge in [-0.1, -0.05) is 12.1 Å². The number of allylic oxidation sites excluding steroid dienone is 1. The molecule has 0 bridgehead atoms. The molecule has 0 saturated carbocycles. The first-order valence-corrected chi connectivity index (χ1v) is 5.27. The Bertz CT molecular complexity index is 576. The van der Waals surface area contributed by atoms with Gasteiger partial charge in [0.05, 0.1) is 17.2 Å². The third-order valence-electron chi connectivity index (χ3n) is 2.23. The average Bonchev–Trinajstić information content (AvgIpc) is 2.35. The van der Waals surface area contributed by atoms with E-state index in [-0.39, 0.29) is 5.78 Å². The Morgan fingerprint density at radius 1 is 1.24 bits per heavy atom. The second-order valence-electron chi connectivity index (χ2n) is 3.89. The Hall–Kier alpha value is -2.23. The first-order chi connectivity index (χ1) is 8.16. The molecule has 17 heavy (non-hydrogen) atoms. The molecule has 1 aromatic carbocycles. The fraction of sp³-hybridized carbons (Fsp3) is 0.154. The number of hydrogen-bond acceptors (Lipinski definition) is 4. The SMILES string of the molecule is CN(C)/C=C/C(=O)c1cnc2ccccc2n1. The van der Waals surface area contributed by atoms with Gasteiger partial charge in [0, 0.05) is 26.4 Å². The van der Waals surface area contributed by atoms with Gasteiger partial charge in [-0.3, -0.25) is 9.78 Å². The van der Waals surface area contributed by atoms with Gasteiger partial charge < -0.3 is 4.90 Å². The van der Waals surface area contributed by atoms with Gasteiger partial charge >= 0.3 is 0 Å². The zero-order chi connectivity index (χ0) is 12.3. The molecule has 0 amide bonds. The lowest BCUT2D eigenvalue weighted by Crippen LogP contribution is -2.04. The van der Waals surface area contributed by atoms with Gasteiger partial charge in [0.25, 0.3) is 0 Å². The molecule has 0 aliphatic heterocycles. The van der Waals surface area contributed by atoms with Crippen molar-refractivity contribution in [1.82, 2.24) is 14.9 Å². The lowest BCUT2D eigenvalue weighted by molar-refractivity contribution is 0.104. The van der Waals surface area contributed by atoms with Crippen LogP contribution in [0.25, 0.3) is 11.0 Å². The number of nitrogens with zero attached hydrogens (tertiary/aromatic N) is 3. The van der Waals surface area contributed by atoms with Crippen molar-refractivity contribution in [2.45, 2.75) is 0 Å². The number of ketones is 1. The summed E-state index contributed by atoms with van der Waals surface area (Å²) in [5.74, 6) is -0.142. The number of benzene rings is 1. The smallest absolute Gasteiger partial charge is 0.207 e. The maximum Gasteiger partial charge on any atom is 0.207 e. The van der Waals surface area contributed by atoms with Crippen LogP contribution in [0.1, 0.15) is 10.5 Å². The molecular weight excluding hydrogens is 214 g/mol. The van der Waals surface area contributed by atoms with Gasteiger partial charge in [-0.25, -0.2) is 4.98 Å². The normalized spacial score (nSPS) is 10.9. The maximum atomic E-state index is 11.8. The molecule has 0 unspecified atom stereocenters. The molecule has 1 heterocycles. The van der Waals surface area contributed by atoms with Crippen molar-refractivity contribution in [1.29, 1.82) is 0 Å². The van der Waals surface area contributed by atoms with Gasteiger partial charge in [0.1, 0.15) is 5.69 Å². The molecule has 4 heteroatoms. The van der Waals surface area contributed by atoms with Crippen LogP contribution in [0.4, 0.5) is 0 Å². The highest BCUT2D eigenvalue weighted by molar-refractivity contribution is 6.03. The molecule has 0 saturated heterocycles. The monoisotopic (exact) mass is 227 g/mol. The van der Waals surface area contributed by atoms with Crippen LogP contribution in [-0.4, -0.2) is 34.7 Å². The van der Waals surface area contributed by atoms with Crippen molar-refractivity contribution in [2.75, 3.05) is 14.1 Å². The summed E-state index contributed by atoms with van der Waals surface area (Å²) in [6.45, 7) is 0. The summed E-state index contributed by atoms with van der Waals surface area (Å²) < 4.78 is 0. The van der Waals surface area contributed by atoms with Crippen LogP contribution < -0.4 is 0 Å². The summed E-state index contributed by atoms with van der Waals surface area (Å²) in [4.78, 5) is 22.0. The summed E-state index contributed by atoms with van der Waals surface area (Å²) in [5, 5.41) is 0. The van der Waals surface area contributed by atoms with E-state index in [2.05, 4.69) is 9.97 Å². The molecule has 0 aliphatic rings. The van der Waals surface area contributed by atoms with Crippen LogP contribution in [0.5, 0.6) is 0 Å². The van der Waals surface area contributed by atoms with E-state index in [9.17, 15) is 4.79 Å². The first kappa shape index (κ1) is 11.3. The van der Waals surface area contributed by atoms with Crippen molar-refractivity contribution in [3.8, 4) is 0 Å². The number of hydrogen-bond donors (Lipinski definition) is 0. The average molecular weight is 227 g/mol. The number of aromatic nitrogens is 2. The molecule has 0 N–H and O–H groups in total. The standard InChI is InChI=1S/C13H13N3O/c1-16(2)8-7-13(17)12-9-14-10-5-3-4-6-11(10)15-12/h3-9H,1-2H3/b8-7+. The summed E-state index contributed by atoms with van der Waals surface area (Å²) >= 11 is 0. The van der Waals surface area contributed by atoms with Crippen LogP contribution in [0.2, 0.25) is 0 Å². The van der Waals surface area contributed by atoms with Crippen molar-refractivity contribution < 1.29 is 4.79 Å². The molecular formula is C13H13N3O. The number of carbonyl (C=O) groups excluding carboxylic acids is 1. The molecule has 0 aliphatic carbocycles. The van der Waals surface area contributed by atoms with Gasteiger partial charge in [-0.05, 0) is 12.1 Å². The van der Waals surface area contributed by atoms with E-state index in [0.29, 0.717) is 5.69 Å². The van der Waals surface area contributed by atoms with Crippen LogP contribution in [0, 0.1) is 0 Å². The lowest BCUT2D eigenvalue weighted by atomic mass is 10.2. The topological polar surface area (TPSA) is 46.1 Å². The van der Waals surface area contributed by atoms with Crippen LogP contribution in [-0.2, 0) is 0 Å². The molecule has 0 radical (unpaired) electrons. The van der Waals surface area contributed by atoms with Gasteiger partial charge in [-0.15, -0.1) is 0 Å². The molecule has 1 aromatic heterocycles. The van der Waals surface area contributed by atoms with E-state index >= 15 is 0 Å². The lowest BCUT2D eigenvalue weighted by Gasteiger charge is -2.02. The Balaban J connectivity index is 2.33. The third-order valence-corrected chi connectivity index (χ3v) is 2.23. The summed E-state index contributed by atoms with van der Waals surface area (Å²) in [5.41, 5.74) is 1.89. The molecule has 2 aromatic rings. The minimum atomic E-state index is -0.142. The van der Waals surface area contributed by atoms with Crippen molar-refractivity contribution in [3.63, 3.8) is 0 Å². The number of fused-ring (bicyclic) bond motifs is 1. The number of rotatable bonds is 3. The second-order valence-corrected chi connectivity index (χ2v) is 3.89. The number of carbonyl (C=O) groups is 1. The Morgan fingerprint density at radius 2 is 1.94 bits per heavy atom. The Morgan fingerprint density at radius 3 is 2.65 bits per heavy atom. The predicted octanol–water partition coefficient (Wildman–Crippen LogP) is 1.89. The van der Waals surface area contributed by atoms with E-state index in [1.807, 2.05) is 38.4 Å². The van der Waals surface area contributed by atoms with E-state index in [1.165, 1.54) is 12.3 Å². The fourth-order valence-electron chi connectivity index (χ4n) is 1.38. The predicted molar refractivity (Wildman–Crippen MR) is 66.7 cm³/mol. The summed E-state index contributed by atoms with van der Waals surface area (Å²) in [6.07, 6.45) is 4.68. The van der Waals surface area contributed by atoms with Crippen molar-refractivity contribution in [3.05, 3.63) is 48.4 Å².